The molecule has 0 aliphatic heterocycles. The molecule has 4 N–H and O–H groups in total. The van der Waals surface area contributed by atoms with Crippen molar-refractivity contribution in [3.8, 4) is 0 Å². The highest BCUT2D eigenvalue weighted by Crippen LogP contribution is 2.29. The first-order chi connectivity index (χ1) is 15.3. The number of aromatic nitrogens is 2. The molecule has 0 fully saturated rings. The number of halogens is 5. The number of fused-ring (bicyclic) bond motifs is 1. The second kappa shape index (κ2) is 9.43. The summed E-state index contributed by atoms with van der Waals surface area (Å²) in [5, 5.41) is 16.6. The minimum absolute atomic E-state index is 0.0173. The topological polar surface area (TPSA) is 99.2 Å². The second-order valence-corrected chi connectivity index (χ2v) is 8.58. The molecule has 0 spiro atoms. The molecule has 1 amide bonds. The molecule has 0 radical (unpaired) electrons. The summed E-state index contributed by atoms with van der Waals surface area (Å²) in [5.74, 6) is -1.58. The number of amides is 1. The number of carbonyl (C=O) groups excluding carboxylic acids is 1. The van der Waals surface area contributed by atoms with E-state index < -0.39 is 42.8 Å². The normalized spacial score (nSPS) is 13.1. The standard InChI is InChI=1S/C20H20F5N5O2S/c1-19(2,32)16(22)7-27-18(31)10-6-26-17(5-12(10)28-8-20(23,24)25)30-13-4-15-14(3-11(13)21)29-9-33-15/h3-6,9,16,32H,7-8H2,1-2H3,(H,27,31)(H2,26,28,30). The molecule has 13 heteroatoms. The fourth-order valence-corrected chi connectivity index (χ4v) is 3.38. The van der Waals surface area contributed by atoms with E-state index in [1.807, 2.05) is 0 Å². The number of nitrogens with one attached hydrogen (secondary N) is 3. The van der Waals surface area contributed by atoms with Gasteiger partial charge in [0.1, 0.15) is 24.4 Å². The molecule has 1 aromatic carbocycles. The number of thiazole rings is 1. The second-order valence-electron chi connectivity index (χ2n) is 7.69. The van der Waals surface area contributed by atoms with E-state index in [0.29, 0.717) is 10.2 Å². The number of hydrogen-bond acceptors (Lipinski definition) is 7. The van der Waals surface area contributed by atoms with Crippen LogP contribution in [0.25, 0.3) is 10.2 Å². The van der Waals surface area contributed by atoms with Gasteiger partial charge in [0.15, 0.2) is 0 Å². The smallest absolute Gasteiger partial charge is 0.387 e. The van der Waals surface area contributed by atoms with Gasteiger partial charge >= 0.3 is 6.18 Å². The summed E-state index contributed by atoms with van der Waals surface area (Å²) in [6.45, 7) is 0.407. The van der Waals surface area contributed by atoms with E-state index in [1.165, 1.54) is 37.3 Å². The molecule has 0 aliphatic rings. The Balaban J connectivity index is 1.85. The Labute approximate surface area is 189 Å². The lowest BCUT2D eigenvalue weighted by Crippen LogP contribution is -2.42. The summed E-state index contributed by atoms with van der Waals surface area (Å²) in [7, 11) is 0. The Morgan fingerprint density at radius 3 is 2.58 bits per heavy atom. The lowest BCUT2D eigenvalue weighted by Gasteiger charge is -2.22. The summed E-state index contributed by atoms with van der Waals surface area (Å²) in [5.41, 5.74) is -0.249. The van der Waals surface area contributed by atoms with Crippen molar-refractivity contribution >= 4 is 44.7 Å². The van der Waals surface area contributed by atoms with Crippen LogP contribution in [0.5, 0.6) is 0 Å². The van der Waals surface area contributed by atoms with Gasteiger partial charge in [0, 0.05) is 18.3 Å². The number of nitrogens with zero attached hydrogens (tertiary/aromatic N) is 2. The molecule has 0 aliphatic carbocycles. The van der Waals surface area contributed by atoms with Crippen molar-refractivity contribution in [2.75, 3.05) is 23.7 Å². The number of aliphatic hydroxyl groups is 1. The Hall–Kier alpha value is -3.06. The fraction of sp³-hybridized carbons (Fsp3) is 0.350. The van der Waals surface area contributed by atoms with E-state index in [1.54, 1.807) is 5.51 Å². The fourth-order valence-electron chi connectivity index (χ4n) is 2.69. The first kappa shape index (κ1) is 24.6. The molecule has 0 saturated carbocycles. The van der Waals surface area contributed by atoms with Crippen LogP contribution in [0.15, 0.2) is 29.9 Å². The molecular weight excluding hydrogens is 469 g/mol. The zero-order valence-corrected chi connectivity index (χ0v) is 18.2. The van der Waals surface area contributed by atoms with Gasteiger partial charge in [0.2, 0.25) is 0 Å². The highest BCUT2D eigenvalue weighted by Gasteiger charge is 2.29. The first-order valence-electron chi connectivity index (χ1n) is 9.58. The van der Waals surface area contributed by atoms with Gasteiger partial charge in [-0.25, -0.2) is 18.7 Å². The monoisotopic (exact) mass is 489 g/mol. The number of anilines is 3. The van der Waals surface area contributed by atoms with Crippen molar-refractivity contribution < 1.29 is 31.9 Å². The molecule has 2 aromatic heterocycles. The Morgan fingerprint density at radius 1 is 1.18 bits per heavy atom. The number of pyridine rings is 1. The van der Waals surface area contributed by atoms with E-state index in [-0.39, 0.29) is 22.8 Å². The first-order valence-corrected chi connectivity index (χ1v) is 10.5. The van der Waals surface area contributed by atoms with E-state index in [9.17, 15) is 31.9 Å². The number of rotatable bonds is 8. The predicted molar refractivity (Wildman–Crippen MR) is 115 cm³/mol. The van der Waals surface area contributed by atoms with Crippen molar-refractivity contribution in [2.45, 2.75) is 31.8 Å². The molecular formula is C20H20F5N5O2S. The van der Waals surface area contributed by atoms with Gasteiger partial charge in [-0.1, -0.05) is 0 Å². The minimum Gasteiger partial charge on any atom is -0.387 e. The number of carbonyl (C=O) groups is 1. The van der Waals surface area contributed by atoms with Crippen molar-refractivity contribution in [3.63, 3.8) is 0 Å². The molecule has 7 nitrogen and oxygen atoms in total. The minimum atomic E-state index is -4.58. The molecule has 1 unspecified atom stereocenters. The zero-order chi connectivity index (χ0) is 24.4. The van der Waals surface area contributed by atoms with E-state index in [4.69, 9.17) is 0 Å². The molecule has 3 aromatic rings. The van der Waals surface area contributed by atoms with Crippen LogP contribution in [0.2, 0.25) is 0 Å². The molecule has 33 heavy (non-hydrogen) atoms. The molecule has 0 bridgehead atoms. The third kappa shape index (κ3) is 6.48. The molecule has 3 rings (SSSR count). The number of benzene rings is 1. The molecule has 178 valence electrons. The highest BCUT2D eigenvalue weighted by molar-refractivity contribution is 7.16. The van der Waals surface area contributed by atoms with Crippen LogP contribution >= 0.6 is 11.3 Å². The summed E-state index contributed by atoms with van der Waals surface area (Å²) in [6, 6.07) is 3.79. The van der Waals surface area contributed by atoms with Crippen molar-refractivity contribution in [2.24, 2.45) is 0 Å². The third-order valence-electron chi connectivity index (χ3n) is 4.52. The van der Waals surface area contributed by atoms with E-state index in [2.05, 4.69) is 25.9 Å². The average molecular weight is 489 g/mol. The van der Waals surface area contributed by atoms with Crippen molar-refractivity contribution in [1.29, 1.82) is 0 Å². The number of hydrogen-bond donors (Lipinski definition) is 4. The van der Waals surface area contributed by atoms with Crippen molar-refractivity contribution in [1.82, 2.24) is 15.3 Å². The van der Waals surface area contributed by atoms with Gasteiger partial charge in [-0.2, -0.15) is 13.2 Å². The maximum atomic E-state index is 14.4. The number of alkyl halides is 4. The molecule has 1 atom stereocenters. The van der Waals surface area contributed by atoms with Gasteiger partial charge in [-0.15, -0.1) is 11.3 Å². The summed E-state index contributed by atoms with van der Waals surface area (Å²) in [4.78, 5) is 20.4. The highest BCUT2D eigenvalue weighted by atomic mass is 32.1. The van der Waals surface area contributed by atoms with Gasteiger partial charge in [-0.3, -0.25) is 4.79 Å². The van der Waals surface area contributed by atoms with Crippen LogP contribution in [-0.2, 0) is 0 Å². The maximum absolute atomic E-state index is 14.4. The van der Waals surface area contributed by atoms with Crippen LogP contribution < -0.4 is 16.0 Å². The average Bonchev–Trinajstić information content (AvgIpc) is 3.16. The lowest BCUT2D eigenvalue weighted by atomic mass is 10.0. The maximum Gasteiger partial charge on any atom is 0.405 e. The van der Waals surface area contributed by atoms with Crippen LogP contribution in [0.1, 0.15) is 24.2 Å². The summed E-state index contributed by atoms with van der Waals surface area (Å²) in [6.07, 6.45) is -5.41. The SMILES string of the molecule is CC(C)(O)C(F)CNC(=O)c1cnc(Nc2cc3scnc3cc2F)cc1NCC(F)(F)F. The third-order valence-corrected chi connectivity index (χ3v) is 5.31. The quantitative estimate of drug-likeness (QED) is 0.351. The van der Waals surface area contributed by atoms with E-state index in [0.717, 1.165) is 12.3 Å². The van der Waals surface area contributed by atoms with Crippen LogP contribution in [-0.4, -0.2) is 52.0 Å². The zero-order valence-electron chi connectivity index (χ0n) is 17.4. The summed E-state index contributed by atoms with van der Waals surface area (Å²) < 4.78 is 67.2. The Bertz CT molecular complexity index is 1150. The molecule has 2 heterocycles. The Morgan fingerprint density at radius 2 is 1.91 bits per heavy atom. The van der Waals surface area contributed by atoms with Gasteiger partial charge in [-0.05, 0) is 19.9 Å². The van der Waals surface area contributed by atoms with Crippen molar-refractivity contribution in [3.05, 3.63) is 41.3 Å². The molecule has 0 saturated heterocycles. The predicted octanol–water partition coefficient (Wildman–Crippen LogP) is 4.39. The van der Waals surface area contributed by atoms with Gasteiger partial charge in [0.05, 0.1) is 44.8 Å². The Kier molecular flexibility index (Phi) is 7.03. The lowest BCUT2D eigenvalue weighted by molar-refractivity contribution is -0.115. The van der Waals surface area contributed by atoms with Gasteiger partial charge in [0.25, 0.3) is 5.91 Å². The van der Waals surface area contributed by atoms with Crippen LogP contribution in [0.3, 0.4) is 0 Å². The largest absolute Gasteiger partial charge is 0.405 e. The summed E-state index contributed by atoms with van der Waals surface area (Å²) >= 11 is 1.27. The van der Waals surface area contributed by atoms with Crippen LogP contribution in [0, 0.1) is 5.82 Å². The van der Waals surface area contributed by atoms with Gasteiger partial charge < -0.3 is 21.1 Å². The van der Waals surface area contributed by atoms with E-state index >= 15 is 0 Å². The van der Waals surface area contributed by atoms with Crippen LogP contribution in [0.4, 0.5) is 39.1 Å².